The molecule has 0 aromatic carbocycles. The van der Waals surface area contributed by atoms with E-state index in [1.807, 2.05) is 4.90 Å². The predicted molar refractivity (Wildman–Crippen MR) is 42.2 cm³/mol. The summed E-state index contributed by atoms with van der Waals surface area (Å²) >= 11 is 0. The Kier molecular flexibility index (Phi) is 1.60. The van der Waals surface area contributed by atoms with E-state index in [9.17, 15) is 4.79 Å². The maximum absolute atomic E-state index is 11.3. The summed E-state index contributed by atoms with van der Waals surface area (Å²) < 4.78 is 0. The van der Waals surface area contributed by atoms with Crippen LogP contribution in [0.15, 0.2) is 0 Å². The van der Waals surface area contributed by atoms with Gasteiger partial charge < -0.3 is 10.2 Å². The first kappa shape index (κ1) is 7.10. The molecule has 2 heterocycles. The van der Waals surface area contributed by atoms with E-state index in [1.54, 1.807) is 0 Å². The average Bonchev–Trinajstić information content (AvgIpc) is 2.33. The molecule has 3 nitrogen and oxygen atoms in total. The van der Waals surface area contributed by atoms with Gasteiger partial charge in [0, 0.05) is 31.6 Å². The number of nitrogens with zero attached hydrogens (tertiary/aromatic N) is 1. The second-order valence-corrected chi connectivity index (χ2v) is 3.55. The number of rotatable bonds is 0. The Morgan fingerprint density at radius 2 is 2.45 bits per heavy atom. The lowest BCUT2D eigenvalue weighted by molar-refractivity contribution is -0.130. The van der Waals surface area contributed by atoms with Crippen molar-refractivity contribution in [3.8, 4) is 0 Å². The van der Waals surface area contributed by atoms with E-state index in [4.69, 9.17) is 0 Å². The number of fused-ring (bicyclic) bond motifs is 1. The van der Waals surface area contributed by atoms with E-state index in [-0.39, 0.29) is 0 Å². The summed E-state index contributed by atoms with van der Waals surface area (Å²) in [6, 6.07) is 0.979. The molecule has 2 aliphatic rings. The highest BCUT2D eigenvalue weighted by Crippen LogP contribution is 2.20. The number of hydrogen-bond donors (Lipinski definition) is 1. The van der Waals surface area contributed by atoms with Crippen LogP contribution in [0.4, 0.5) is 0 Å². The van der Waals surface area contributed by atoms with Gasteiger partial charge in [0.25, 0.3) is 0 Å². The molecule has 2 fully saturated rings. The zero-order valence-corrected chi connectivity index (χ0v) is 6.84. The van der Waals surface area contributed by atoms with Gasteiger partial charge in [-0.15, -0.1) is 0 Å². The molecule has 2 saturated heterocycles. The van der Waals surface area contributed by atoms with Crippen molar-refractivity contribution in [2.45, 2.75) is 31.8 Å². The van der Waals surface area contributed by atoms with Crippen molar-refractivity contribution in [3.63, 3.8) is 0 Å². The van der Waals surface area contributed by atoms with Crippen LogP contribution in [0.25, 0.3) is 0 Å². The fourth-order valence-corrected chi connectivity index (χ4v) is 1.95. The number of nitrogens with one attached hydrogen (secondary N) is 1. The Morgan fingerprint density at radius 3 is 3.27 bits per heavy atom. The maximum atomic E-state index is 11.3. The van der Waals surface area contributed by atoms with E-state index in [2.05, 4.69) is 12.2 Å². The third kappa shape index (κ3) is 1.13. The van der Waals surface area contributed by atoms with E-state index in [0.29, 0.717) is 18.0 Å². The maximum Gasteiger partial charge on any atom is 0.222 e. The van der Waals surface area contributed by atoms with Gasteiger partial charge in [0.2, 0.25) is 5.91 Å². The van der Waals surface area contributed by atoms with Crippen LogP contribution in [-0.4, -0.2) is 36.0 Å². The lowest BCUT2D eigenvalue weighted by Crippen LogP contribution is -2.53. The molecule has 0 aromatic heterocycles. The smallest absolute Gasteiger partial charge is 0.222 e. The van der Waals surface area contributed by atoms with E-state index >= 15 is 0 Å². The van der Waals surface area contributed by atoms with Crippen LogP contribution in [0.3, 0.4) is 0 Å². The van der Waals surface area contributed by atoms with Crippen LogP contribution in [-0.2, 0) is 4.79 Å². The SMILES string of the molecule is C[C@H]1CN2C(=O)CCC2CN1. The summed E-state index contributed by atoms with van der Waals surface area (Å²) in [5.41, 5.74) is 0. The summed E-state index contributed by atoms with van der Waals surface area (Å²) in [7, 11) is 0. The third-order valence-corrected chi connectivity index (χ3v) is 2.63. The average molecular weight is 154 g/mol. The molecule has 1 unspecified atom stereocenters. The number of piperazine rings is 1. The molecular formula is C8H14N2O. The van der Waals surface area contributed by atoms with Crippen molar-refractivity contribution >= 4 is 5.91 Å². The molecule has 0 aromatic rings. The molecule has 2 atom stereocenters. The van der Waals surface area contributed by atoms with Crippen LogP contribution >= 0.6 is 0 Å². The Hall–Kier alpha value is -0.570. The van der Waals surface area contributed by atoms with E-state index < -0.39 is 0 Å². The first-order chi connectivity index (χ1) is 5.27. The van der Waals surface area contributed by atoms with Gasteiger partial charge in [-0.05, 0) is 13.3 Å². The van der Waals surface area contributed by atoms with Crippen LogP contribution in [0.2, 0.25) is 0 Å². The number of amides is 1. The van der Waals surface area contributed by atoms with Crippen molar-refractivity contribution in [1.29, 1.82) is 0 Å². The summed E-state index contributed by atoms with van der Waals surface area (Å²) in [6.45, 7) is 4.03. The van der Waals surface area contributed by atoms with Crippen molar-refractivity contribution in [2.24, 2.45) is 0 Å². The monoisotopic (exact) mass is 154 g/mol. The van der Waals surface area contributed by atoms with Crippen molar-refractivity contribution in [3.05, 3.63) is 0 Å². The van der Waals surface area contributed by atoms with Gasteiger partial charge in [-0.3, -0.25) is 4.79 Å². The molecule has 0 spiro atoms. The predicted octanol–water partition coefficient (Wildman–Crippen LogP) is -0.0309. The molecule has 0 saturated carbocycles. The molecule has 1 amide bonds. The normalized spacial score (nSPS) is 37.5. The molecule has 11 heavy (non-hydrogen) atoms. The molecule has 0 bridgehead atoms. The number of carbonyl (C=O) groups is 1. The Labute approximate surface area is 66.8 Å². The second kappa shape index (κ2) is 2.48. The zero-order valence-electron chi connectivity index (χ0n) is 6.84. The topological polar surface area (TPSA) is 32.3 Å². The van der Waals surface area contributed by atoms with Crippen LogP contribution < -0.4 is 5.32 Å². The van der Waals surface area contributed by atoms with Crippen molar-refractivity contribution in [2.75, 3.05) is 13.1 Å². The minimum absolute atomic E-state index is 0.350. The summed E-state index contributed by atoms with van der Waals surface area (Å²) in [6.07, 6.45) is 1.82. The van der Waals surface area contributed by atoms with Gasteiger partial charge in [0.05, 0.1) is 0 Å². The van der Waals surface area contributed by atoms with Gasteiger partial charge in [0.15, 0.2) is 0 Å². The van der Waals surface area contributed by atoms with Crippen molar-refractivity contribution < 1.29 is 4.79 Å². The fraction of sp³-hybridized carbons (Fsp3) is 0.875. The molecule has 2 rings (SSSR count). The number of carbonyl (C=O) groups excluding carboxylic acids is 1. The van der Waals surface area contributed by atoms with Gasteiger partial charge >= 0.3 is 0 Å². The standard InChI is InChI=1S/C8H14N2O/c1-6-5-10-7(4-9-6)2-3-8(10)11/h6-7,9H,2-5H2,1H3/t6-,7?/m0/s1. The summed E-state index contributed by atoms with van der Waals surface area (Å²) in [4.78, 5) is 13.3. The first-order valence-electron chi connectivity index (χ1n) is 4.30. The highest BCUT2D eigenvalue weighted by Gasteiger charge is 2.34. The lowest BCUT2D eigenvalue weighted by Gasteiger charge is -2.34. The molecule has 2 aliphatic heterocycles. The quantitative estimate of drug-likeness (QED) is 0.531. The van der Waals surface area contributed by atoms with Gasteiger partial charge in [0.1, 0.15) is 0 Å². The van der Waals surface area contributed by atoms with E-state index in [0.717, 1.165) is 25.9 Å². The third-order valence-electron chi connectivity index (χ3n) is 2.63. The first-order valence-corrected chi connectivity index (χ1v) is 4.30. The summed E-state index contributed by atoms with van der Waals surface area (Å²) in [5, 5.41) is 3.38. The molecule has 0 radical (unpaired) electrons. The summed E-state index contributed by atoms with van der Waals surface area (Å²) in [5.74, 6) is 0.350. The second-order valence-electron chi connectivity index (χ2n) is 3.55. The molecule has 0 aliphatic carbocycles. The molecule has 1 N–H and O–H groups in total. The van der Waals surface area contributed by atoms with Gasteiger partial charge in [-0.25, -0.2) is 0 Å². The van der Waals surface area contributed by atoms with Crippen LogP contribution in [0, 0.1) is 0 Å². The van der Waals surface area contributed by atoms with Crippen LogP contribution in [0.1, 0.15) is 19.8 Å². The molecule has 62 valence electrons. The van der Waals surface area contributed by atoms with Crippen LogP contribution in [0.5, 0.6) is 0 Å². The number of hydrogen-bond acceptors (Lipinski definition) is 2. The highest BCUT2D eigenvalue weighted by molar-refractivity contribution is 5.79. The Morgan fingerprint density at radius 1 is 1.64 bits per heavy atom. The Bertz CT molecular complexity index is 181. The lowest BCUT2D eigenvalue weighted by atomic mass is 10.1. The fourth-order valence-electron chi connectivity index (χ4n) is 1.95. The minimum Gasteiger partial charge on any atom is -0.337 e. The Balaban J connectivity index is 2.07. The van der Waals surface area contributed by atoms with Gasteiger partial charge in [-0.2, -0.15) is 0 Å². The molecule has 3 heteroatoms. The van der Waals surface area contributed by atoms with E-state index in [1.165, 1.54) is 0 Å². The zero-order chi connectivity index (χ0) is 7.84. The van der Waals surface area contributed by atoms with Gasteiger partial charge in [-0.1, -0.05) is 0 Å². The minimum atomic E-state index is 0.350. The molecular weight excluding hydrogens is 140 g/mol. The highest BCUT2D eigenvalue weighted by atomic mass is 16.2. The van der Waals surface area contributed by atoms with Crippen molar-refractivity contribution in [1.82, 2.24) is 10.2 Å². The largest absolute Gasteiger partial charge is 0.337 e.